The van der Waals surface area contributed by atoms with Crippen LogP contribution in [0.5, 0.6) is 0 Å². The molecule has 0 spiro atoms. The van der Waals surface area contributed by atoms with Crippen molar-refractivity contribution in [1.82, 2.24) is 4.57 Å². The van der Waals surface area contributed by atoms with Crippen molar-refractivity contribution in [1.29, 1.82) is 0 Å². The monoisotopic (exact) mass is 279 g/mol. The molecule has 1 aromatic heterocycles. The standard InChI is InChI=1S/C18H17NO2/c1-13-12-19(16-11-7-6-10-15(13)16)17(18(20)21-2)14-8-4-3-5-9-14/h3-12,17H,1-2H3. The molecule has 0 N–H and O–H groups in total. The number of methoxy groups -OCH3 is 1. The van der Waals surface area contributed by atoms with Crippen LogP contribution < -0.4 is 0 Å². The Kier molecular flexibility index (Phi) is 3.48. The summed E-state index contributed by atoms with van der Waals surface area (Å²) in [7, 11) is 1.43. The van der Waals surface area contributed by atoms with Gasteiger partial charge in [-0.2, -0.15) is 0 Å². The lowest BCUT2D eigenvalue weighted by Crippen LogP contribution is -2.21. The molecule has 0 fully saturated rings. The molecule has 3 aromatic rings. The molecule has 0 saturated heterocycles. The smallest absolute Gasteiger partial charge is 0.333 e. The second-order valence-electron chi connectivity index (χ2n) is 5.07. The molecule has 0 radical (unpaired) electrons. The average molecular weight is 279 g/mol. The molecule has 3 nitrogen and oxygen atoms in total. The van der Waals surface area contributed by atoms with E-state index in [0.29, 0.717) is 0 Å². The average Bonchev–Trinajstić information content (AvgIpc) is 2.86. The Bertz CT molecular complexity index is 774. The Morgan fingerprint density at radius 3 is 2.43 bits per heavy atom. The summed E-state index contributed by atoms with van der Waals surface area (Å²) >= 11 is 0. The Labute approximate surface area is 123 Å². The van der Waals surface area contributed by atoms with Gasteiger partial charge in [-0.1, -0.05) is 48.5 Å². The van der Waals surface area contributed by atoms with Crippen molar-refractivity contribution in [3.63, 3.8) is 0 Å². The summed E-state index contributed by atoms with van der Waals surface area (Å²) in [5.41, 5.74) is 3.11. The highest BCUT2D eigenvalue weighted by molar-refractivity contribution is 5.87. The Balaban J connectivity index is 2.22. The van der Waals surface area contributed by atoms with Crippen molar-refractivity contribution in [2.45, 2.75) is 13.0 Å². The van der Waals surface area contributed by atoms with E-state index in [1.165, 1.54) is 7.11 Å². The molecule has 0 aliphatic carbocycles. The third kappa shape index (κ3) is 2.31. The minimum atomic E-state index is -0.463. The van der Waals surface area contributed by atoms with Gasteiger partial charge in [0.1, 0.15) is 0 Å². The van der Waals surface area contributed by atoms with Crippen LogP contribution in [-0.2, 0) is 9.53 Å². The maximum atomic E-state index is 12.3. The number of ether oxygens (including phenoxy) is 1. The van der Waals surface area contributed by atoms with Gasteiger partial charge in [0.15, 0.2) is 6.04 Å². The molecule has 1 heterocycles. The maximum absolute atomic E-state index is 12.3. The van der Waals surface area contributed by atoms with Crippen LogP contribution >= 0.6 is 0 Å². The maximum Gasteiger partial charge on any atom is 0.333 e. The van der Waals surface area contributed by atoms with Gasteiger partial charge < -0.3 is 9.30 Å². The summed E-state index contributed by atoms with van der Waals surface area (Å²) < 4.78 is 7.01. The second-order valence-corrected chi connectivity index (χ2v) is 5.07. The third-order valence-corrected chi connectivity index (χ3v) is 3.76. The number of carbonyl (C=O) groups excluding carboxylic acids is 1. The zero-order valence-electron chi connectivity index (χ0n) is 12.1. The lowest BCUT2D eigenvalue weighted by molar-refractivity contribution is -0.143. The van der Waals surface area contributed by atoms with Crippen LogP contribution in [0.4, 0.5) is 0 Å². The van der Waals surface area contributed by atoms with Gasteiger partial charge in [-0.25, -0.2) is 4.79 Å². The van der Waals surface area contributed by atoms with E-state index in [1.54, 1.807) is 0 Å². The summed E-state index contributed by atoms with van der Waals surface area (Å²) in [6, 6.07) is 17.3. The van der Waals surface area contributed by atoms with E-state index in [1.807, 2.05) is 59.3 Å². The highest BCUT2D eigenvalue weighted by Gasteiger charge is 2.24. The highest BCUT2D eigenvalue weighted by Crippen LogP contribution is 2.28. The van der Waals surface area contributed by atoms with Gasteiger partial charge in [0.25, 0.3) is 0 Å². The molecule has 106 valence electrons. The Morgan fingerprint density at radius 2 is 1.71 bits per heavy atom. The number of benzene rings is 2. The first kappa shape index (κ1) is 13.4. The highest BCUT2D eigenvalue weighted by atomic mass is 16.5. The first-order valence-corrected chi connectivity index (χ1v) is 6.91. The van der Waals surface area contributed by atoms with E-state index >= 15 is 0 Å². The summed E-state index contributed by atoms with van der Waals surface area (Å²) in [6.07, 6.45) is 2.01. The largest absolute Gasteiger partial charge is 0.467 e. The minimum Gasteiger partial charge on any atom is -0.467 e. The van der Waals surface area contributed by atoms with Crippen molar-refractivity contribution >= 4 is 16.9 Å². The quantitative estimate of drug-likeness (QED) is 0.684. The number of nitrogens with zero attached hydrogens (tertiary/aromatic N) is 1. The van der Waals surface area contributed by atoms with Gasteiger partial charge in [-0.05, 0) is 24.1 Å². The van der Waals surface area contributed by atoms with E-state index < -0.39 is 6.04 Å². The van der Waals surface area contributed by atoms with E-state index in [-0.39, 0.29) is 5.97 Å². The Hall–Kier alpha value is -2.55. The number of aryl methyl sites for hydroxylation is 1. The summed E-state index contributed by atoms with van der Waals surface area (Å²) in [4.78, 5) is 12.3. The van der Waals surface area contributed by atoms with Gasteiger partial charge in [-0.15, -0.1) is 0 Å². The zero-order chi connectivity index (χ0) is 14.8. The lowest BCUT2D eigenvalue weighted by atomic mass is 10.1. The molecule has 1 atom stereocenters. The van der Waals surface area contributed by atoms with Gasteiger partial charge in [0, 0.05) is 17.1 Å². The number of hydrogen-bond acceptors (Lipinski definition) is 2. The second kappa shape index (κ2) is 5.44. The number of hydrogen-bond donors (Lipinski definition) is 0. The van der Waals surface area contributed by atoms with Crippen molar-refractivity contribution in [3.8, 4) is 0 Å². The van der Waals surface area contributed by atoms with Gasteiger partial charge >= 0.3 is 5.97 Å². The van der Waals surface area contributed by atoms with E-state index in [0.717, 1.165) is 22.0 Å². The fourth-order valence-corrected chi connectivity index (χ4v) is 2.75. The van der Waals surface area contributed by atoms with Crippen LogP contribution in [0.1, 0.15) is 17.2 Å². The molecule has 21 heavy (non-hydrogen) atoms. The van der Waals surface area contributed by atoms with E-state index in [9.17, 15) is 4.79 Å². The molecule has 0 bridgehead atoms. The van der Waals surface area contributed by atoms with Gasteiger partial charge in [0.05, 0.1) is 7.11 Å². The number of rotatable bonds is 3. The molecule has 1 unspecified atom stereocenters. The van der Waals surface area contributed by atoms with Gasteiger partial charge in [-0.3, -0.25) is 0 Å². The number of carbonyl (C=O) groups is 1. The molecular weight excluding hydrogens is 262 g/mol. The summed E-state index contributed by atoms with van der Waals surface area (Å²) in [5, 5.41) is 1.15. The summed E-state index contributed by atoms with van der Waals surface area (Å²) in [6.45, 7) is 2.05. The lowest BCUT2D eigenvalue weighted by Gasteiger charge is -2.18. The fourth-order valence-electron chi connectivity index (χ4n) is 2.75. The van der Waals surface area contributed by atoms with Crippen LogP contribution in [0, 0.1) is 6.92 Å². The predicted octanol–water partition coefficient (Wildman–Crippen LogP) is 3.71. The van der Waals surface area contributed by atoms with Crippen LogP contribution in [-0.4, -0.2) is 17.6 Å². The number of para-hydroxylation sites is 1. The van der Waals surface area contributed by atoms with Crippen molar-refractivity contribution in [2.75, 3.05) is 7.11 Å². The number of fused-ring (bicyclic) bond motifs is 1. The SMILES string of the molecule is COC(=O)C(c1ccccc1)n1cc(C)c2ccccc21. The molecule has 0 amide bonds. The molecular formula is C18H17NO2. The van der Waals surface area contributed by atoms with Gasteiger partial charge in [0.2, 0.25) is 0 Å². The zero-order valence-corrected chi connectivity index (χ0v) is 12.1. The molecule has 0 aliphatic heterocycles. The van der Waals surface area contributed by atoms with Crippen LogP contribution in [0.15, 0.2) is 60.8 Å². The first-order valence-electron chi connectivity index (χ1n) is 6.91. The molecule has 0 saturated carbocycles. The van der Waals surface area contributed by atoms with E-state index in [2.05, 4.69) is 13.0 Å². The fraction of sp³-hybridized carbons (Fsp3) is 0.167. The molecule has 2 aromatic carbocycles. The topological polar surface area (TPSA) is 31.2 Å². The molecule has 3 rings (SSSR count). The minimum absolute atomic E-state index is 0.262. The predicted molar refractivity (Wildman–Crippen MR) is 83.3 cm³/mol. The van der Waals surface area contributed by atoms with Crippen LogP contribution in [0.3, 0.4) is 0 Å². The van der Waals surface area contributed by atoms with E-state index in [4.69, 9.17) is 4.74 Å². The number of aromatic nitrogens is 1. The third-order valence-electron chi connectivity index (χ3n) is 3.76. The van der Waals surface area contributed by atoms with Crippen LogP contribution in [0.25, 0.3) is 10.9 Å². The Morgan fingerprint density at radius 1 is 1.05 bits per heavy atom. The number of esters is 1. The van der Waals surface area contributed by atoms with Crippen molar-refractivity contribution in [3.05, 3.63) is 71.9 Å². The normalized spacial score (nSPS) is 12.3. The summed E-state index contributed by atoms with van der Waals surface area (Å²) in [5.74, 6) is -0.262. The first-order chi connectivity index (χ1) is 10.2. The molecule has 0 aliphatic rings. The molecule has 3 heteroatoms. The van der Waals surface area contributed by atoms with Crippen molar-refractivity contribution in [2.24, 2.45) is 0 Å². The van der Waals surface area contributed by atoms with Crippen molar-refractivity contribution < 1.29 is 9.53 Å². The van der Waals surface area contributed by atoms with Crippen LogP contribution in [0.2, 0.25) is 0 Å².